The van der Waals surface area contributed by atoms with Crippen LogP contribution >= 0.6 is 0 Å². The number of hydrogen-bond acceptors (Lipinski definition) is 8. The molecule has 0 unspecified atom stereocenters. The maximum Gasteiger partial charge on any atom is 2.00 e. The van der Waals surface area contributed by atoms with Crippen molar-refractivity contribution in [1.29, 1.82) is 0 Å². The van der Waals surface area contributed by atoms with Gasteiger partial charge < -0.3 is 40.6 Å². The van der Waals surface area contributed by atoms with Gasteiger partial charge in [0.25, 0.3) is 0 Å². The second kappa shape index (κ2) is 45.2. The number of carboxylic acid groups (broad SMARTS) is 2. The number of aliphatic hydroxyl groups excluding tert-OH is 2. The molecule has 53 heavy (non-hydrogen) atoms. The molecular formula is C42H76N2O8Sr. The monoisotopic (exact) mass is 824 g/mol. The number of carboxylic acids is 2. The van der Waals surface area contributed by atoms with Crippen LogP contribution < -0.4 is 20.8 Å². The molecule has 11 heteroatoms. The maximum atomic E-state index is 11.5. The number of amides is 2. The summed E-state index contributed by atoms with van der Waals surface area (Å²) in [5.74, 6) is -3.59. The first-order valence-corrected chi connectivity index (χ1v) is 20.7. The summed E-state index contributed by atoms with van der Waals surface area (Å²) in [6, 6.07) is -2.60. The molecule has 0 bridgehead atoms. The predicted octanol–water partition coefficient (Wildman–Crippen LogP) is 6.12. The maximum absolute atomic E-state index is 11.5. The van der Waals surface area contributed by atoms with Crippen LogP contribution in [0.15, 0.2) is 24.3 Å². The van der Waals surface area contributed by atoms with E-state index < -0.39 is 37.2 Å². The fourth-order valence-electron chi connectivity index (χ4n) is 5.60. The van der Waals surface area contributed by atoms with Gasteiger partial charge in [0.2, 0.25) is 11.8 Å². The molecule has 0 rings (SSSR count). The van der Waals surface area contributed by atoms with E-state index in [1.807, 2.05) is 0 Å². The predicted molar refractivity (Wildman–Crippen MR) is 213 cm³/mol. The van der Waals surface area contributed by atoms with E-state index in [-0.39, 0.29) is 57.3 Å². The molecule has 0 aromatic rings. The van der Waals surface area contributed by atoms with Crippen LogP contribution in [0.2, 0.25) is 0 Å². The summed E-state index contributed by atoms with van der Waals surface area (Å²) in [5.41, 5.74) is 0. The van der Waals surface area contributed by atoms with Crippen molar-refractivity contribution in [3.63, 3.8) is 0 Å². The number of carbonyl (C=O) groups excluding carboxylic acids is 4. The van der Waals surface area contributed by atoms with Crippen LogP contribution in [0.4, 0.5) is 0 Å². The van der Waals surface area contributed by atoms with Crippen molar-refractivity contribution < 1.29 is 39.6 Å². The molecule has 0 aliphatic carbocycles. The number of nitrogens with one attached hydrogen (secondary N) is 2. The molecule has 10 nitrogen and oxygen atoms in total. The van der Waals surface area contributed by atoms with Gasteiger partial charge in [-0.3, -0.25) is 9.59 Å². The summed E-state index contributed by atoms with van der Waals surface area (Å²) in [6.45, 7) is 3.21. The molecule has 304 valence electrons. The number of allylic oxidation sites excluding steroid dienone is 4. The Morgan fingerprint density at radius 3 is 0.943 bits per heavy atom. The number of hydrogen-bond donors (Lipinski definition) is 4. The molecule has 0 heterocycles. The van der Waals surface area contributed by atoms with Gasteiger partial charge in [-0.1, -0.05) is 141 Å². The van der Waals surface area contributed by atoms with Gasteiger partial charge in [-0.15, -0.1) is 0 Å². The van der Waals surface area contributed by atoms with E-state index in [0.29, 0.717) is 12.8 Å². The first-order valence-electron chi connectivity index (χ1n) is 20.7. The minimum absolute atomic E-state index is 0. The molecule has 0 fully saturated rings. The largest absolute Gasteiger partial charge is 2.00 e. The quantitative estimate of drug-likeness (QED) is 0.0332. The van der Waals surface area contributed by atoms with Crippen molar-refractivity contribution >= 4 is 69.2 Å². The molecule has 0 aliphatic rings. The van der Waals surface area contributed by atoms with Gasteiger partial charge in [0.15, 0.2) is 0 Å². The fraction of sp³-hybridized carbons (Fsp3) is 0.810. The van der Waals surface area contributed by atoms with Gasteiger partial charge in [-0.2, -0.15) is 0 Å². The molecule has 0 radical (unpaired) electrons. The van der Waals surface area contributed by atoms with E-state index >= 15 is 0 Å². The Labute approximate surface area is 360 Å². The zero-order valence-corrected chi connectivity index (χ0v) is 37.2. The summed E-state index contributed by atoms with van der Waals surface area (Å²) in [5, 5.41) is 43.3. The molecule has 0 spiro atoms. The third-order valence-electron chi connectivity index (χ3n) is 8.94. The van der Waals surface area contributed by atoms with Crippen LogP contribution in [-0.2, 0) is 19.2 Å². The zero-order chi connectivity index (χ0) is 38.9. The summed E-state index contributed by atoms with van der Waals surface area (Å²) in [7, 11) is 0. The van der Waals surface area contributed by atoms with E-state index in [1.54, 1.807) is 0 Å². The molecule has 4 N–H and O–H groups in total. The number of carbonyl (C=O) groups is 4. The Hall–Kier alpha value is -1.24. The van der Waals surface area contributed by atoms with Crippen LogP contribution in [0, 0.1) is 0 Å². The Bertz CT molecular complexity index is 844. The van der Waals surface area contributed by atoms with Crippen molar-refractivity contribution in [2.75, 3.05) is 13.2 Å². The fourth-order valence-corrected chi connectivity index (χ4v) is 5.60. The van der Waals surface area contributed by atoms with E-state index in [9.17, 15) is 29.4 Å². The van der Waals surface area contributed by atoms with Crippen molar-refractivity contribution in [3.05, 3.63) is 24.3 Å². The van der Waals surface area contributed by atoms with E-state index in [1.165, 1.54) is 103 Å². The molecule has 0 saturated carbocycles. The van der Waals surface area contributed by atoms with Crippen LogP contribution in [-0.4, -0.2) is 105 Å². The number of rotatable bonds is 36. The van der Waals surface area contributed by atoms with E-state index in [2.05, 4.69) is 48.8 Å². The Balaban J connectivity index is -0.000000926. The standard InChI is InChI=1S/2C21H39NO4.Sr/c2*1-2-3-4-5-6-7-8-9-10-11-12-13-14-15-16-17-20(24)22-19(18-23)21(25)26;/h2*9-10,19,23H,2-8,11-18H2,1H3,(H,22,24)(H,25,26);/q;;+2/p-2/b2*10-9-;/t2*19-;/m00./s1. The van der Waals surface area contributed by atoms with Gasteiger partial charge in [0.1, 0.15) is 0 Å². The van der Waals surface area contributed by atoms with Gasteiger partial charge >= 0.3 is 45.5 Å². The molecule has 2 atom stereocenters. The smallest absolute Gasteiger partial charge is 0.548 e. The Kier molecular flexibility index (Phi) is 47.8. The number of unbranched alkanes of at least 4 members (excludes halogenated alkanes) is 22. The molecule has 0 aromatic carbocycles. The van der Waals surface area contributed by atoms with Crippen LogP contribution in [0.25, 0.3) is 0 Å². The second-order valence-corrected chi connectivity index (χ2v) is 13.9. The minimum Gasteiger partial charge on any atom is -0.548 e. The average molecular weight is 825 g/mol. The minimum atomic E-state index is -1.45. The van der Waals surface area contributed by atoms with Crippen molar-refractivity contribution in [1.82, 2.24) is 10.6 Å². The molecule has 0 aliphatic heterocycles. The van der Waals surface area contributed by atoms with Gasteiger partial charge in [0.05, 0.1) is 37.2 Å². The summed E-state index contributed by atoms with van der Waals surface area (Å²) in [6.07, 6.45) is 40.8. The molecule has 0 aromatic heterocycles. The van der Waals surface area contributed by atoms with Crippen LogP contribution in [0.3, 0.4) is 0 Å². The first-order chi connectivity index (χ1) is 25.2. The number of aliphatic hydroxyl groups is 2. The van der Waals surface area contributed by atoms with Crippen molar-refractivity contribution in [3.8, 4) is 0 Å². The van der Waals surface area contributed by atoms with E-state index in [4.69, 9.17) is 10.2 Å². The molecule has 2 amide bonds. The van der Waals surface area contributed by atoms with Gasteiger partial charge in [0, 0.05) is 12.8 Å². The van der Waals surface area contributed by atoms with Gasteiger partial charge in [-0.05, 0) is 64.2 Å². The summed E-state index contributed by atoms with van der Waals surface area (Å²) >= 11 is 0. The first kappa shape index (κ1) is 56.1. The van der Waals surface area contributed by atoms with Crippen LogP contribution in [0.5, 0.6) is 0 Å². The van der Waals surface area contributed by atoms with Crippen molar-refractivity contribution in [2.45, 2.75) is 206 Å². The van der Waals surface area contributed by atoms with Crippen LogP contribution in [0.1, 0.15) is 194 Å². The van der Waals surface area contributed by atoms with E-state index in [0.717, 1.165) is 64.2 Å². The Morgan fingerprint density at radius 2 is 0.698 bits per heavy atom. The normalized spacial score (nSPS) is 12.2. The SMILES string of the molecule is CCCCCCCC/C=C\CCCCCCCC(=O)N[C@@H](CO)C(=O)[O-].CCCCCCCC/C=C\CCCCCCCC(=O)N[C@@H](CO)C(=O)[O-].[Sr+2]. The van der Waals surface area contributed by atoms with Gasteiger partial charge in [-0.25, -0.2) is 0 Å². The zero-order valence-electron chi connectivity index (χ0n) is 33.7. The second-order valence-electron chi connectivity index (χ2n) is 13.9. The molecular weight excluding hydrogens is 748 g/mol. The molecule has 0 saturated heterocycles. The third kappa shape index (κ3) is 43.4. The van der Waals surface area contributed by atoms with Crippen molar-refractivity contribution in [2.24, 2.45) is 0 Å². The summed E-state index contributed by atoms with van der Waals surface area (Å²) < 4.78 is 0. The topological polar surface area (TPSA) is 179 Å². The Morgan fingerprint density at radius 1 is 0.453 bits per heavy atom. The third-order valence-corrected chi connectivity index (χ3v) is 8.94. The number of aliphatic carboxylic acids is 2. The average Bonchev–Trinajstić information content (AvgIpc) is 3.12. The summed E-state index contributed by atoms with van der Waals surface area (Å²) in [4.78, 5) is 44.2.